The van der Waals surface area contributed by atoms with Crippen molar-refractivity contribution in [2.24, 2.45) is 0 Å². The van der Waals surface area contributed by atoms with Crippen molar-refractivity contribution in [1.29, 1.82) is 0 Å². The molecular weight excluding hydrogens is 1620 g/mol. The fraction of sp³-hybridized carbons (Fsp3) is 0.937. The highest BCUT2D eigenvalue weighted by molar-refractivity contribution is 7.80. The summed E-state index contributed by atoms with van der Waals surface area (Å²) in [7, 11) is 1.23. The van der Waals surface area contributed by atoms with Gasteiger partial charge in [-0.25, -0.2) is 0 Å². The molecule has 0 bridgehead atoms. The van der Waals surface area contributed by atoms with Gasteiger partial charge in [-0.2, -0.15) is 0 Å². The molecule has 49 nitrogen and oxygen atoms in total. The quantitative estimate of drug-likeness (QED) is 0.0200. The van der Waals surface area contributed by atoms with Gasteiger partial charge in [0.1, 0.15) is 182 Å². The number of hydrogen-bond donors (Lipinski definition) is 34. The molecule has 0 unspecified atom stereocenters. The Morgan fingerprint density at radius 3 is 0.835 bits per heavy atom. The normalized spacial score (nSPS) is 40.1. The minimum absolute atomic E-state index is 0.105. The molecule has 7 saturated heterocycles. The molecule has 7 aliphatic rings. The summed E-state index contributed by atoms with van der Waals surface area (Å²) in [6.07, 6.45) is -64.1. The predicted octanol–water partition coefficient (Wildman–Crippen LogP) is -19.7. The topological polar surface area (TPSA) is 777 Å². The third-order valence-corrected chi connectivity index (χ3v) is 20.9. The van der Waals surface area contributed by atoms with Gasteiger partial charge in [-0.3, -0.25) is 4.79 Å². The van der Waals surface area contributed by atoms with Gasteiger partial charge in [0.2, 0.25) is 5.91 Å². The van der Waals surface area contributed by atoms with Crippen LogP contribution < -0.4 is 37.2 Å². The zero-order chi connectivity index (χ0) is 85.1. The lowest BCUT2D eigenvalue weighted by Gasteiger charge is -2.45. The van der Waals surface area contributed by atoms with E-state index in [1.807, 2.05) is 0 Å². The lowest BCUT2D eigenvalue weighted by Crippen LogP contribution is -2.67. The van der Waals surface area contributed by atoms with E-state index in [0.29, 0.717) is 12.8 Å². The molecule has 0 aromatic carbocycles. The monoisotopic (exact) mass is 1740 g/mol. The van der Waals surface area contributed by atoms with Crippen molar-refractivity contribution in [3.63, 3.8) is 0 Å². The first kappa shape index (κ1) is 99.0. The maximum Gasteiger partial charge on any atom is 0.220 e. The molecule has 34 N–H and O–H groups in total. The second-order valence-corrected chi connectivity index (χ2v) is 30.0. The molecule has 0 aromatic rings. The van der Waals surface area contributed by atoms with E-state index in [0.717, 1.165) is 0 Å². The lowest BCUT2D eigenvalue weighted by molar-refractivity contribution is -0.323. The maximum absolute atomic E-state index is 14.2. The van der Waals surface area contributed by atoms with Crippen molar-refractivity contribution in [2.45, 2.75) is 258 Å². The van der Waals surface area contributed by atoms with Crippen molar-refractivity contribution in [1.82, 2.24) is 37.2 Å². The number of unbranched alkanes of at least 4 members (excludes halogenated alkanes) is 2. The highest BCUT2D eigenvalue weighted by Gasteiger charge is 2.54. The second kappa shape index (κ2) is 46.4. The molecule has 1 amide bonds. The van der Waals surface area contributed by atoms with Crippen LogP contribution in [0, 0.1) is 0 Å². The van der Waals surface area contributed by atoms with Gasteiger partial charge in [-0.15, -0.1) is 0 Å². The summed E-state index contributed by atoms with van der Waals surface area (Å²) in [4.78, 5) is 14.2. The van der Waals surface area contributed by atoms with Crippen molar-refractivity contribution < 1.29 is 209 Å². The van der Waals surface area contributed by atoms with Gasteiger partial charge < -0.3 is 241 Å². The number of carbonyl (C=O) groups excluding carboxylic acids is 1. The van der Waals surface area contributed by atoms with E-state index in [4.69, 9.17) is 103 Å². The molecule has 0 aromatic heterocycles. The van der Waals surface area contributed by atoms with Gasteiger partial charge in [-0.05, 0) is 49.5 Å². The summed E-state index contributed by atoms with van der Waals surface area (Å²) in [5, 5.41) is 306. The molecular formula is C63H113N7O42S3. The highest BCUT2D eigenvalue weighted by atomic mass is 32.1. The summed E-state index contributed by atoms with van der Waals surface area (Å²) in [6.45, 7) is -12.6. The summed E-state index contributed by atoms with van der Waals surface area (Å²) >= 11 is 17.1. The van der Waals surface area contributed by atoms with Gasteiger partial charge in [-0.1, -0.05) is 6.42 Å². The van der Waals surface area contributed by atoms with Crippen LogP contribution in [-0.4, -0.2) is 504 Å². The Balaban J connectivity index is 1.20. The molecule has 670 valence electrons. The van der Waals surface area contributed by atoms with Gasteiger partial charge >= 0.3 is 0 Å². The summed E-state index contributed by atoms with van der Waals surface area (Å²) < 4.78 is 80.1. The van der Waals surface area contributed by atoms with E-state index in [1.165, 1.54) is 7.11 Å². The van der Waals surface area contributed by atoms with Crippen LogP contribution in [0.5, 0.6) is 0 Å². The Kier molecular flexibility index (Phi) is 39.9. The fourth-order valence-electron chi connectivity index (χ4n) is 12.9. The molecule has 35 atom stereocenters. The van der Waals surface area contributed by atoms with Crippen LogP contribution >= 0.6 is 36.7 Å². The molecule has 7 rings (SSSR count). The van der Waals surface area contributed by atoms with Gasteiger partial charge in [0, 0.05) is 39.7 Å². The third kappa shape index (κ3) is 26.0. The average Bonchev–Trinajstić information content (AvgIpc) is 0.806. The van der Waals surface area contributed by atoms with Crippen molar-refractivity contribution in [2.75, 3.05) is 113 Å². The SMILES string of the molecule is CO[C@H]1O[C@H](CNC(=S)NCCCCCC(=O)NC(CNC(=S)NC(CO[C@H]2O[C@H](CO)[C@@H](O)[C@H](O)[C@@H]2O)(CO[C@H]2O[C@H](CO)[C@@H](O)[C@H](O)[C@@H]2O)CO[C@H]2O[C@H](CO)[C@@H](O)[C@H](O)[C@@H]2O)CNC(=S)NC(CO[C@H]2O[C@H](CO)[C@@H](O)[C@H](O)[C@@H]2O)(CO[C@H]2O[C@H](CO)[C@@H](O)[C@H](O)[C@@H]2O)CO[C@H]2O[C@H](CO)[C@@H](O)[C@H](O)[C@@H]2O)[C@@H](O)[C@H](O)[C@H]1O. The third-order valence-electron chi connectivity index (χ3n) is 20.1. The van der Waals surface area contributed by atoms with Crippen LogP contribution in [0.25, 0.3) is 0 Å². The molecule has 115 heavy (non-hydrogen) atoms. The van der Waals surface area contributed by atoms with E-state index >= 15 is 0 Å². The number of aliphatic hydroxyl groups is 27. The van der Waals surface area contributed by atoms with Crippen LogP contribution in [0.1, 0.15) is 25.7 Å². The Morgan fingerprint density at radius 1 is 0.322 bits per heavy atom. The number of ether oxygens (including phenoxy) is 14. The van der Waals surface area contributed by atoms with Crippen molar-refractivity contribution in [3.05, 3.63) is 0 Å². The zero-order valence-electron chi connectivity index (χ0n) is 61.8. The number of amides is 1. The Labute approximate surface area is 671 Å². The summed E-state index contributed by atoms with van der Waals surface area (Å²) in [5.74, 6) is -0.657. The lowest BCUT2D eigenvalue weighted by atomic mass is 9.98. The van der Waals surface area contributed by atoms with Crippen LogP contribution in [0.4, 0.5) is 0 Å². The van der Waals surface area contributed by atoms with E-state index in [9.17, 15) is 143 Å². The summed E-state index contributed by atoms with van der Waals surface area (Å²) in [6, 6.07) is -1.28. The zero-order valence-corrected chi connectivity index (χ0v) is 64.3. The van der Waals surface area contributed by atoms with E-state index < -0.39 is 341 Å². The van der Waals surface area contributed by atoms with Crippen LogP contribution in [0.3, 0.4) is 0 Å². The molecule has 7 fully saturated rings. The van der Waals surface area contributed by atoms with Crippen molar-refractivity contribution >= 4 is 57.9 Å². The number of carbonyl (C=O) groups is 1. The number of methoxy groups -OCH3 is 1. The number of aliphatic hydroxyl groups excluding tert-OH is 27. The molecule has 0 spiro atoms. The highest BCUT2D eigenvalue weighted by Crippen LogP contribution is 2.32. The Bertz CT molecular complexity index is 2570. The number of hydrogen-bond acceptors (Lipinski definition) is 45. The minimum atomic E-state index is -2.28. The molecule has 7 aliphatic heterocycles. The first-order valence-corrected chi connectivity index (χ1v) is 37.9. The van der Waals surface area contributed by atoms with Gasteiger partial charge in [0.25, 0.3) is 0 Å². The van der Waals surface area contributed by atoms with E-state index in [1.54, 1.807) is 0 Å². The predicted molar refractivity (Wildman–Crippen MR) is 384 cm³/mol. The van der Waals surface area contributed by atoms with Crippen LogP contribution in [0.2, 0.25) is 0 Å². The number of nitrogens with one attached hydrogen (secondary N) is 7. The van der Waals surface area contributed by atoms with Crippen LogP contribution in [0.15, 0.2) is 0 Å². The first-order valence-electron chi connectivity index (χ1n) is 36.7. The molecule has 7 heterocycles. The summed E-state index contributed by atoms with van der Waals surface area (Å²) in [5.41, 5.74) is -4.55. The second-order valence-electron chi connectivity index (χ2n) is 28.7. The standard InChI is InChI=1S/C63H113N7O42S3/c1-99-52-45(92)38(85)31(78)23(106-52)9-67-59(113)64-6-4-2-3-5-30(77)68-22(7-65-60(114)69-62(16-100-53-46(93)39(86)32(79)24(10-71)107-53,17-101-54-47(94)40(87)33(80)25(11-72)108-54)18-102-55-48(95)41(88)34(81)26(12-73)109-55)8-66-61(115)70-63(19-103-56-49(96)42(89)35(82)27(13-74)110-56,20-104-57-50(97)43(90)36(83)28(14-75)111-57)21-105-58-51(98)44(91)37(84)29(15-76)112-58/h22-29,31-58,71-76,78-98H,2-21H2,1H3,(H,68,77)(H2,64,67,113)(H2,65,69,114)(H2,66,70,115)/t23-,24-,25-,26-,27-,28-,29-,31-,32-,33-,34-,35-,36-,37-,38+,39+,40+,41+,42+,43+,44+,45-,46+,47+,48+,49+,50+,51+,52+,53+,54+,55+,56+,57+,58+/m1/s1. The molecule has 0 radical (unpaired) electrons. The number of thiocarbonyl (C=S) groups is 3. The molecule has 0 saturated carbocycles. The van der Waals surface area contributed by atoms with E-state index in [2.05, 4.69) is 37.2 Å². The van der Waals surface area contributed by atoms with Gasteiger partial charge in [0.15, 0.2) is 59.4 Å². The van der Waals surface area contributed by atoms with E-state index in [-0.39, 0.29) is 31.0 Å². The Morgan fingerprint density at radius 2 is 0.574 bits per heavy atom. The average molecular weight is 1740 g/mol. The number of rotatable bonds is 40. The van der Waals surface area contributed by atoms with Gasteiger partial charge in [0.05, 0.1) is 85.3 Å². The van der Waals surface area contributed by atoms with Crippen LogP contribution in [-0.2, 0) is 71.1 Å². The smallest absolute Gasteiger partial charge is 0.220 e. The fourth-order valence-corrected chi connectivity index (χ4v) is 13.7. The molecule has 0 aliphatic carbocycles. The minimum Gasteiger partial charge on any atom is -0.394 e. The maximum atomic E-state index is 14.2. The molecule has 52 heteroatoms. The Hall–Kier alpha value is -3.10. The first-order chi connectivity index (χ1) is 54.5. The largest absolute Gasteiger partial charge is 0.394 e. The van der Waals surface area contributed by atoms with Crippen molar-refractivity contribution in [3.8, 4) is 0 Å².